The summed E-state index contributed by atoms with van der Waals surface area (Å²) in [5, 5.41) is 3.24. The van der Waals surface area contributed by atoms with Crippen LogP contribution in [0.3, 0.4) is 0 Å². The zero-order chi connectivity index (χ0) is 19.0. The summed E-state index contributed by atoms with van der Waals surface area (Å²) in [6, 6.07) is 6.94. The summed E-state index contributed by atoms with van der Waals surface area (Å²) in [7, 11) is 0. The molecule has 1 saturated heterocycles. The van der Waals surface area contributed by atoms with Crippen LogP contribution in [0.15, 0.2) is 42.9 Å². The van der Waals surface area contributed by atoms with E-state index in [0.717, 1.165) is 43.9 Å². The zero-order valence-electron chi connectivity index (χ0n) is 14.3. The highest BCUT2D eigenvalue weighted by molar-refractivity contribution is 5.27. The first-order chi connectivity index (χ1) is 12.4. The number of aromatic nitrogens is 2. The number of hydrogen-bond donors (Lipinski definition) is 3. The maximum atomic E-state index is 12.5. The molecule has 26 heavy (non-hydrogen) atoms. The molecule has 0 saturated carbocycles. The number of rotatable bonds is 3. The number of nitrogens with zero attached hydrogens (tertiary/aromatic N) is 3. The standard InChI is InChI=1S/C13H18F3N3.C4H5N3/c14-13(15,16)11-3-1-10(2-4-11)12(9-17)19-7-5-18-6-8-19;5-4-1-2-6-3-7-4/h1-4,12,18H,5-9,17H2;1-3H,(H2,5,6,7). The number of nitrogen functional groups attached to an aromatic ring is 1. The molecule has 6 nitrogen and oxygen atoms in total. The van der Waals surface area contributed by atoms with Crippen molar-refractivity contribution in [3.8, 4) is 0 Å². The lowest BCUT2D eigenvalue weighted by atomic mass is 10.0. The molecule has 0 spiro atoms. The van der Waals surface area contributed by atoms with Gasteiger partial charge in [-0.1, -0.05) is 12.1 Å². The lowest BCUT2D eigenvalue weighted by Crippen LogP contribution is -2.46. The third kappa shape index (κ3) is 5.94. The van der Waals surface area contributed by atoms with Crippen LogP contribution in [0.5, 0.6) is 0 Å². The fourth-order valence-corrected chi connectivity index (χ4v) is 2.68. The first-order valence-corrected chi connectivity index (χ1v) is 8.25. The van der Waals surface area contributed by atoms with Crippen LogP contribution in [0.2, 0.25) is 0 Å². The number of halogens is 3. The van der Waals surface area contributed by atoms with Crippen molar-refractivity contribution in [2.24, 2.45) is 5.73 Å². The monoisotopic (exact) mass is 368 g/mol. The van der Waals surface area contributed by atoms with Crippen LogP contribution >= 0.6 is 0 Å². The van der Waals surface area contributed by atoms with Crippen molar-refractivity contribution in [2.45, 2.75) is 12.2 Å². The second-order valence-electron chi connectivity index (χ2n) is 5.79. The van der Waals surface area contributed by atoms with Gasteiger partial charge in [-0.05, 0) is 23.8 Å². The van der Waals surface area contributed by atoms with E-state index in [9.17, 15) is 13.2 Å². The van der Waals surface area contributed by atoms with Crippen molar-refractivity contribution in [3.05, 3.63) is 54.0 Å². The fraction of sp³-hybridized carbons (Fsp3) is 0.412. The predicted molar refractivity (Wildman–Crippen MR) is 94.1 cm³/mol. The van der Waals surface area contributed by atoms with Gasteiger partial charge in [0.2, 0.25) is 0 Å². The molecule has 1 aromatic carbocycles. The maximum absolute atomic E-state index is 12.5. The molecule has 0 aliphatic carbocycles. The molecule has 0 bridgehead atoms. The van der Waals surface area contributed by atoms with Gasteiger partial charge in [0.25, 0.3) is 0 Å². The molecule has 9 heteroatoms. The molecule has 0 radical (unpaired) electrons. The molecular weight excluding hydrogens is 345 g/mol. The van der Waals surface area contributed by atoms with Crippen LogP contribution < -0.4 is 16.8 Å². The Balaban J connectivity index is 0.000000290. The van der Waals surface area contributed by atoms with Gasteiger partial charge in [0.05, 0.1) is 5.56 Å². The van der Waals surface area contributed by atoms with Gasteiger partial charge in [0.1, 0.15) is 12.1 Å². The number of benzene rings is 1. The van der Waals surface area contributed by atoms with E-state index in [2.05, 4.69) is 20.2 Å². The van der Waals surface area contributed by atoms with E-state index >= 15 is 0 Å². The van der Waals surface area contributed by atoms with Crippen molar-refractivity contribution in [1.82, 2.24) is 20.2 Å². The van der Waals surface area contributed by atoms with Gasteiger partial charge in [-0.3, -0.25) is 4.90 Å². The van der Waals surface area contributed by atoms with E-state index < -0.39 is 11.7 Å². The summed E-state index contributed by atoms with van der Waals surface area (Å²) in [5.74, 6) is 0.509. The van der Waals surface area contributed by atoms with E-state index in [0.29, 0.717) is 12.4 Å². The predicted octanol–water partition coefficient (Wildman–Crippen LogP) is 1.67. The molecule has 1 unspecified atom stereocenters. The minimum absolute atomic E-state index is 0.00983. The van der Waals surface area contributed by atoms with E-state index in [1.165, 1.54) is 18.5 Å². The van der Waals surface area contributed by atoms with Crippen molar-refractivity contribution in [3.63, 3.8) is 0 Å². The Bertz CT molecular complexity index is 642. The molecule has 1 fully saturated rings. The Hall–Kier alpha value is -2.23. The highest BCUT2D eigenvalue weighted by Crippen LogP contribution is 2.30. The molecule has 1 aromatic heterocycles. The normalized spacial score (nSPS) is 16.5. The van der Waals surface area contributed by atoms with Crippen LogP contribution in [0, 0.1) is 0 Å². The first kappa shape index (κ1) is 20.1. The van der Waals surface area contributed by atoms with E-state index in [-0.39, 0.29) is 6.04 Å². The van der Waals surface area contributed by atoms with Gasteiger partial charge in [-0.25, -0.2) is 9.97 Å². The van der Waals surface area contributed by atoms with Crippen molar-refractivity contribution in [1.29, 1.82) is 0 Å². The Kier molecular flexibility index (Phi) is 7.31. The lowest BCUT2D eigenvalue weighted by Gasteiger charge is -2.34. The zero-order valence-corrected chi connectivity index (χ0v) is 14.3. The largest absolute Gasteiger partial charge is 0.416 e. The Morgan fingerprint density at radius 1 is 1.12 bits per heavy atom. The van der Waals surface area contributed by atoms with Crippen molar-refractivity contribution < 1.29 is 13.2 Å². The molecule has 2 aromatic rings. The maximum Gasteiger partial charge on any atom is 0.416 e. The topological polar surface area (TPSA) is 93.1 Å². The number of piperazine rings is 1. The van der Waals surface area contributed by atoms with Crippen LogP contribution in [0.1, 0.15) is 17.2 Å². The molecule has 0 amide bonds. The summed E-state index contributed by atoms with van der Waals surface area (Å²) in [4.78, 5) is 9.51. The smallest absolute Gasteiger partial charge is 0.384 e. The summed E-state index contributed by atoms with van der Waals surface area (Å²) < 4.78 is 37.5. The number of hydrogen-bond acceptors (Lipinski definition) is 6. The average molecular weight is 368 g/mol. The highest BCUT2D eigenvalue weighted by atomic mass is 19.4. The van der Waals surface area contributed by atoms with Gasteiger partial charge >= 0.3 is 6.18 Å². The molecule has 1 aliphatic heterocycles. The summed E-state index contributed by atoms with van der Waals surface area (Å²) in [6.07, 6.45) is -1.27. The van der Waals surface area contributed by atoms with Gasteiger partial charge < -0.3 is 16.8 Å². The number of nitrogens with one attached hydrogen (secondary N) is 1. The molecule has 1 aliphatic rings. The molecular formula is C17H23F3N6. The van der Waals surface area contributed by atoms with Crippen LogP contribution in [-0.2, 0) is 6.18 Å². The first-order valence-electron chi connectivity index (χ1n) is 8.25. The number of nitrogens with two attached hydrogens (primary N) is 2. The SMILES string of the molecule is NCC(c1ccc(C(F)(F)F)cc1)N1CCNCC1.Nc1ccncn1. The molecule has 5 N–H and O–H groups in total. The van der Waals surface area contributed by atoms with Crippen molar-refractivity contribution >= 4 is 5.82 Å². The molecule has 142 valence electrons. The minimum atomic E-state index is -4.29. The number of anilines is 1. The second kappa shape index (κ2) is 9.46. The van der Waals surface area contributed by atoms with Gasteiger partial charge in [-0.15, -0.1) is 0 Å². The molecule has 1 atom stereocenters. The van der Waals surface area contributed by atoms with E-state index in [1.54, 1.807) is 12.3 Å². The quantitative estimate of drug-likeness (QED) is 0.763. The van der Waals surface area contributed by atoms with Gasteiger partial charge in [0, 0.05) is 45.0 Å². The fourth-order valence-electron chi connectivity index (χ4n) is 2.68. The Labute approximate surface area is 150 Å². The minimum Gasteiger partial charge on any atom is -0.384 e. The van der Waals surface area contributed by atoms with Gasteiger partial charge in [-0.2, -0.15) is 13.2 Å². The lowest BCUT2D eigenvalue weighted by molar-refractivity contribution is -0.137. The third-order valence-corrected chi connectivity index (χ3v) is 4.04. The highest BCUT2D eigenvalue weighted by Gasteiger charge is 2.30. The third-order valence-electron chi connectivity index (χ3n) is 4.04. The van der Waals surface area contributed by atoms with Gasteiger partial charge in [0.15, 0.2) is 0 Å². The Morgan fingerprint density at radius 3 is 2.19 bits per heavy atom. The van der Waals surface area contributed by atoms with E-state index in [1.807, 2.05) is 0 Å². The average Bonchev–Trinajstić information content (AvgIpc) is 2.64. The van der Waals surface area contributed by atoms with Crippen LogP contribution in [0.4, 0.5) is 19.0 Å². The van der Waals surface area contributed by atoms with E-state index in [4.69, 9.17) is 11.5 Å². The molecule has 2 heterocycles. The summed E-state index contributed by atoms with van der Waals surface area (Å²) in [6.45, 7) is 3.91. The molecule has 3 rings (SSSR count). The summed E-state index contributed by atoms with van der Waals surface area (Å²) >= 11 is 0. The second-order valence-corrected chi connectivity index (χ2v) is 5.79. The van der Waals surface area contributed by atoms with Crippen LogP contribution in [-0.4, -0.2) is 47.6 Å². The Morgan fingerprint density at radius 2 is 1.77 bits per heavy atom. The van der Waals surface area contributed by atoms with Crippen molar-refractivity contribution in [2.75, 3.05) is 38.5 Å². The summed E-state index contributed by atoms with van der Waals surface area (Å²) in [5.41, 5.74) is 11.2. The number of alkyl halides is 3. The van der Waals surface area contributed by atoms with Crippen LogP contribution in [0.25, 0.3) is 0 Å².